The standard InChI is InChI=1S/C22H23NO5/c1-14-4-7-19(8-5-14)23-12-17(11-21(23)25)22(26)28-13-18-10-16(15(2)24)6-9-20(18)27-3/h4-10,17H,11-13H2,1-3H3/t17-/m1/s1. The van der Waals surface area contributed by atoms with Gasteiger partial charge in [-0.1, -0.05) is 17.7 Å². The molecule has 0 spiro atoms. The second-order valence-corrected chi connectivity index (χ2v) is 6.93. The highest BCUT2D eigenvalue weighted by Crippen LogP contribution is 2.27. The van der Waals surface area contributed by atoms with Gasteiger partial charge in [0.05, 0.1) is 13.0 Å². The van der Waals surface area contributed by atoms with Crippen molar-refractivity contribution in [3.8, 4) is 5.75 Å². The van der Waals surface area contributed by atoms with Crippen molar-refractivity contribution in [2.75, 3.05) is 18.6 Å². The lowest BCUT2D eigenvalue weighted by molar-refractivity contribution is -0.149. The van der Waals surface area contributed by atoms with Crippen molar-refractivity contribution in [3.05, 3.63) is 59.2 Å². The minimum absolute atomic E-state index is 0.0155. The fourth-order valence-electron chi connectivity index (χ4n) is 3.22. The van der Waals surface area contributed by atoms with E-state index in [9.17, 15) is 14.4 Å². The molecular weight excluding hydrogens is 358 g/mol. The number of Topliss-reactive ketones (excluding diaryl/α,β-unsaturated/α-hetero) is 1. The molecule has 2 aromatic carbocycles. The fraction of sp³-hybridized carbons (Fsp3) is 0.318. The lowest BCUT2D eigenvalue weighted by atomic mass is 10.1. The molecule has 6 heteroatoms. The molecule has 1 amide bonds. The van der Waals surface area contributed by atoms with Gasteiger partial charge in [-0.3, -0.25) is 14.4 Å². The SMILES string of the molecule is COc1ccc(C(C)=O)cc1COC(=O)[C@@H]1CC(=O)N(c2ccc(C)cc2)C1. The van der Waals surface area contributed by atoms with E-state index in [1.165, 1.54) is 14.0 Å². The summed E-state index contributed by atoms with van der Waals surface area (Å²) in [6.45, 7) is 3.73. The van der Waals surface area contributed by atoms with Gasteiger partial charge in [-0.05, 0) is 44.2 Å². The minimum atomic E-state index is -0.518. The Labute approximate surface area is 164 Å². The number of benzene rings is 2. The number of carbonyl (C=O) groups is 3. The van der Waals surface area contributed by atoms with Crippen LogP contribution < -0.4 is 9.64 Å². The second-order valence-electron chi connectivity index (χ2n) is 6.93. The Bertz CT molecular complexity index is 904. The highest BCUT2D eigenvalue weighted by Gasteiger charge is 2.36. The maximum absolute atomic E-state index is 12.5. The highest BCUT2D eigenvalue weighted by atomic mass is 16.5. The van der Waals surface area contributed by atoms with E-state index in [-0.39, 0.29) is 24.7 Å². The molecule has 0 radical (unpaired) electrons. The number of rotatable bonds is 6. The average Bonchev–Trinajstić information content (AvgIpc) is 3.08. The number of anilines is 1. The number of aryl methyl sites for hydroxylation is 1. The van der Waals surface area contributed by atoms with Crippen LogP contribution in [0.3, 0.4) is 0 Å². The van der Waals surface area contributed by atoms with Crippen molar-refractivity contribution < 1.29 is 23.9 Å². The quantitative estimate of drug-likeness (QED) is 0.567. The molecule has 1 heterocycles. The molecule has 1 atom stereocenters. The van der Waals surface area contributed by atoms with Crippen molar-refractivity contribution >= 4 is 23.3 Å². The van der Waals surface area contributed by atoms with Crippen molar-refractivity contribution in [2.45, 2.75) is 26.9 Å². The topological polar surface area (TPSA) is 72.9 Å². The lowest BCUT2D eigenvalue weighted by Gasteiger charge is -2.17. The summed E-state index contributed by atoms with van der Waals surface area (Å²) in [5.74, 6) is -0.581. The van der Waals surface area contributed by atoms with Crippen molar-refractivity contribution in [1.29, 1.82) is 0 Å². The number of hydrogen-bond donors (Lipinski definition) is 0. The summed E-state index contributed by atoms with van der Waals surface area (Å²) in [7, 11) is 1.52. The zero-order chi connectivity index (χ0) is 20.3. The number of nitrogens with zero attached hydrogens (tertiary/aromatic N) is 1. The van der Waals surface area contributed by atoms with Gasteiger partial charge in [0.2, 0.25) is 5.91 Å². The van der Waals surface area contributed by atoms with Crippen LogP contribution in [0.1, 0.15) is 34.8 Å². The zero-order valence-corrected chi connectivity index (χ0v) is 16.2. The van der Waals surface area contributed by atoms with Gasteiger partial charge >= 0.3 is 5.97 Å². The average molecular weight is 381 g/mol. The van der Waals surface area contributed by atoms with E-state index >= 15 is 0 Å². The van der Waals surface area contributed by atoms with Crippen LogP contribution in [-0.2, 0) is 20.9 Å². The zero-order valence-electron chi connectivity index (χ0n) is 16.2. The Balaban J connectivity index is 1.66. The largest absolute Gasteiger partial charge is 0.496 e. The molecule has 0 saturated carbocycles. The van der Waals surface area contributed by atoms with E-state index in [4.69, 9.17) is 9.47 Å². The van der Waals surface area contributed by atoms with Crippen LogP contribution in [0.4, 0.5) is 5.69 Å². The molecule has 146 valence electrons. The molecule has 0 aliphatic carbocycles. The van der Waals surface area contributed by atoms with Crippen LogP contribution in [-0.4, -0.2) is 31.3 Å². The van der Waals surface area contributed by atoms with Gasteiger partial charge < -0.3 is 14.4 Å². The van der Waals surface area contributed by atoms with E-state index in [0.717, 1.165) is 11.3 Å². The third-order valence-corrected chi connectivity index (χ3v) is 4.86. The molecule has 1 aliphatic rings. The summed E-state index contributed by atoms with van der Waals surface area (Å²) in [6.07, 6.45) is 0.122. The number of amides is 1. The number of hydrogen-bond acceptors (Lipinski definition) is 5. The molecule has 2 aromatic rings. The number of esters is 1. The van der Waals surface area contributed by atoms with E-state index < -0.39 is 11.9 Å². The van der Waals surface area contributed by atoms with Crippen molar-refractivity contribution in [1.82, 2.24) is 0 Å². The summed E-state index contributed by atoms with van der Waals surface area (Å²) < 4.78 is 10.7. The van der Waals surface area contributed by atoms with Crippen LogP contribution in [0.15, 0.2) is 42.5 Å². The Kier molecular flexibility index (Phi) is 5.78. The van der Waals surface area contributed by atoms with Gasteiger partial charge in [0.15, 0.2) is 5.78 Å². The third-order valence-electron chi connectivity index (χ3n) is 4.86. The van der Waals surface area contributed by atoms with Gasteiger partial charge in [-0.15, -0.1) is 0 Å². The fourth-order valence-corrected chi connectivity index (χ4v) is 3.22. The molecule has 0 bridgehead atoms. The van der Waals surface area contributed by atoms with Gasteiger partial charge in [0.1, 0.15) is 12.4 Å². The Morgan fingerprint density at radius 2 is 1.86 bits per heavy atom. The Morgan fingerprint density at radius 1 is 1.14 bits per heavy atom. The Hall–Kier alpha value is -3.15. The van der Waals surface area contributed by atoms with Crippen LogP contribution in [0, 0.1) is 12.8 Å². The van der Waals surface area contributed by atoms with Crippen LogP contribution >= 0.6 is 0 Å². The summed E-state index contributed by atoms with van der Waals surface area (Å²) in [6, 6.07) is 12.6. The number of carbonyl (C=O) groups excluding carboxylic acids is 3. The summed E-state index contributed by atoms with van der Waals surface area (Å²) >= 11 is 0. The number of ether oxygens (including phenoxy) is 2. The highest BCUT2D eigenvalue weighted by molar-refractivity contribution is 5.99. The first-order chi connectivity index (χ1) is 13.4. The molecule has 0 N–H and O–H groups in total. The van der Waals surface area contributed by atoms with Gasteiger partial charge in [0.25, 0.3) is 0 Å². The van der Waals surface area contributed by atoms with Gasteiger partial charge in [0, 0.05) is 29.8 Å². The number of ketones is 1. The van der Waals surface area contributed by atoms with E-state index in [1.54, 1.807) is 23.1 Å². The maximum atomic E-state index is 12.5. The lowest BCUT2D eigenvalue weighted by Crippen LogP contribution is -2.26. The van der Waals surface area contributed by atoms with Crippen LogP contribution in [0.25, 0.3) is 0 Å². The number of methoxy groups -OCH3 is 1. The monoisotopic (exact) mass is 381 g/mol. The Morgan fingerprint density at radius 3 is 2.50 bits per heavy atom. The predicted octanol–water partition coefficient (Wildman–Crippen LogP) is 3.30. The summed E-state index contributed by atoms with van der Waals surface area (Å²) in [5.41, 5.74) is 3.02. The molecule has 0 aromatic heterocycles. The summed E-state index contributed by atoms with van der Waals surface area (Å²) in [4.78, 5) is 38.0. The maximum Gasteiger partial charge on any atom is 0.311 e. The predicted molar refractivity (Wildman–Crippen MR) is 104 cm³/mol. The van der Waals surface area contributed by atoms with Gasteiger partial charge in [-0.2, -0.15) is 0 Å². The smallest absolute Gasteiger partial charge is 0.311 e. The van der Waals surface area contributed by atoms with Crippen LogP contribution in [0.2, 0.25) is 0 Å². The molecule has 3 rings (SSSR count). The van der Waals surface area contributed by atoms with Crippen molar-refractivity contribution in [2.24, 2.45) is 5.92 Å². The van der Waals surface area contributed by atoms with E-state index in [2.05, 4.69) is 0 Å². The molecule has 1 aliphatic heterocycles. The van der Waals surface area contributed by atoms with Crippen LogP contribution in [0.5, 0.6) is 5.75 Å². The van der Waals surface area contributed by atoms with Crippen molar-refractivity contribution in [3.63, 3.8) is 0 Å². The molecule has 6 nitrogen and oxygen atoms in total. The first-order valence-electron chi connectivity index (χ1n) is 9.10. The third kappa shape index (κ3) is 4.22. The molecule has 1 fully saturated rings. The first kappa shape index (κ1) is 19.6. The first-order valence-corrected chi connectivity index (χ1v) is 9.10. The second kappa shape index (κ2) is 8.25. The van der Waals surface area contributed by atoms with E-state index in [0.29, 0.717) is 23.4 Å². The van der Waals surface area contributed by atoms with E-state index in [1.807, 2.05) is 31.2 Å². The normalized spacial score (nSPS) is 16.2. The van der Waals surface area contributed by atoms with Gasteiger partial charge in [-0.25, -0.2) is 0 Å². The molecule has 28 heavy (non-hydrogen) atoms. The summed E-state index contributed by atoms with van der Waals surface area (Å²) in [5, 5.41) is 0. The minimum Gasteiger partial charge on any atom is -0.496 e. The molecular formula is C22H23NO5. The molecule has 1 saturated heterocycles. The molecule has 0 unspecified atom stereocenters.